The summed E-state index contributed by atoms with van der Waals surface area (Å²) in [5, 5.41) is 11.4. The molecule has 1 fully saturated rings. The molecule has 1 aliphatic heterocycles. The average Bonchev–Trinajstić information content (AvgIpc) is 2.75. The van der Waals surface area contributed by atoms with E-state index in [-0.39, 0.29) is 23.3 Å². The van der Waals surface area contributed by atoms with Gasteiger partial charge < -0.3 is 19.0 Å². The number of hydrogen-bond donors (Lipinski definition) is 1. The first-order valence-electron chi connectivity index (χ1n) is 12.9. The number of rotatable bonds is 13. The Bertz CT molecular complexity index is 664. The molecule has 1 aliphatic rings. The van der Waals surface area contributed by atoms with Crippen LogP contribution in [0.25, 0.3) is 0 Å². The lowest BCUT2D eigenvalue weighted by Crippen LogP contribution is -2.64. The quantitative estimate of drug-likeness (QED) is 0.294. The van der Waals surface area contributed by atoms with Crippen LogP contribution in [-0.2, 0) is 20.5 Å². The molecule has 1 N–H and O–H groups in total. The van der Waals surface area contributed by atoms with Crippen molar-refractivity contribution >= 4 is 8.32 Å². The van der Waals surface area contributed by atoms with Gasteiger partial charge in [-0.05, 0) is 56.9 Å². The maximum absolute atomic E-state index is 11.3. The zero-order valence-corrected chi connectivity index (χ0v) is 23.2. The smallest absolute Gasteiger partial charge is 0.192 e. The normalized spacial score (nSPS) is 24.8. The summed E-state index contributed by atoms with van der Waals surface area (Å²) < 4.78 is 18.7. The Balaban J connectivity index is 2.03. The second kappa shape index (κ2) is 13.4. The number of nitrogens with zero attached hydrogens (tertiary/aromatic N) is 1. The number of likely N-dealkylation sites (tertiary alicyclic amines) is 1. The highest BCUT2D eigenvalue weighted by Gasteiger charge is 2.47. The molecule has 0 aromatic heterocycles. The summed E-state index contributed by atoms with van der Waals surface area (Å²) in [7, 11) is -2.01. The Kier molecular flexibility index (Phi) is 11.5. The lowest BCUT2D eigenvalue weighted by atomic mass is 9.94. The van der Waals surface area contributed by atoms with Gasteiger partial charge in [-0.15, -0.1) is 0 Å². The molecular weight excluding hydrogens is 430 g/mol. The van der Waals surface area contributed by atoms with Crippen LogP contribution in [0.15, 0.2) is 30.3 Å². The van der Waals surface area contributed by atoms with E-state index in [1.807, 2.05) is 25.1 Å². The molecule has 1 saturated heterocycles. The van der Waals surface area contributed by atoms with Crippen molar-refractivity contribution in [3.8, 4) is 0 Å². The van der Waals surface area contributed by atoms with Crippen molar-refractivity contribution in [2.75, 3.05) is 26.3 Å². The largest absolute Gasteiger partial charge is 0.410 e. The molecule has 0 saturated carbocycles. The molecule has 1 heterocycles. The fourth-order valence-corrected chi connectivity index (χ4v) is 5.47. The van der Waals surface area contributed by atoms with Gasteiger partial charge in [0.05, 0.1) is 18.8 Å². The van der Waals surface area contributed by atoms with Crippen LogP contribution in [0.1, 0.15) is 65.9 Å². The van der Waals surface area contributed by atoms with Crippen molar-refractivity contribution in [2.24, 2.45) is 0 Å². The summed E-state index contributed by atoms with van der Waals surface area (Å²) in [6.45, 7) is 19.5. The molecule has 1 aromatic rings. The third-order valence-electron chi connectivity index (χ3n) is 7.41. The highest BCUT2D eigenvalue weighted by atomic mass is 28.4. The highest BCUT2D eigenvalue weighted by Crippen LogP contribution is 2.39. The lowest BCUT2D eigenvalue weighted by molar-refractivity contribution is -0.158. The highest BCUT2D eigenvalue weighted by molar-refractivity contribution is 6.74. The average molecular weight is 480 g/mol. The molecule has 190 valence electrons. The summed E-state index contributed by atoms with van der Waals surface area (Å²) in [5.74, 6) is 0. The van der Waals surface area contributed by atoms with Crippen LogP contribution in [0, 0.1) is 0 Å². The number of benzene rings is 1. The van der Waals surface area contributed by atoms with Crippen LogP contribution < -0.4 is 0 Å². The van der Waals surface area contributed by atoms with Crippen molar-refractivity contribution in [2.45, 2.75) is 109 Å². The molecule has 6 heteroatoms. The fourth-order valence-electron chi connectivity index (χ4n) is 4.16. The molecule has 2 rings (SSSR count). The minimum Gasteiger partial charge on any atom is -0.410 e. The molecule has 0 radical (unpaired) electrons. The summed E-state index contributed by atoms with van der Waals surface area (Å²) in [5.41, 5.74) is 1.12. The van der Waals surface area contributed by atoms with Gasteiger partial charge in [0.15, 0.2) is 8.32 Å². The minimum absolute atomic E-state index is 0.0495. The SMILES string of the molecule is CCOCCCCCCN1C[C@H](O[Si](C)(C)C(C)(C)C)[C@@H](OCc2ccccc2)[C@@H](O)[C@H]1C. The van der Waals surface area contributed by atoms with Crippen molar-refractivity contribution in [1.29, 1.82) is 0 Å². The maximum Gasteiger partial charge on any atom is 0.192 e. The van der Waals surface area contributed by atoms with Gasteiger partial charge in [0.25, 0.3) is 0 Å². The van der Waals surface area contributed by atoms with E-state index in [4.69, 9.17) is 13.9 Å². The molecule has 0 unspecified atom stereocenters. The second-order valence-corrected chi connectivity index (χ2v) is 15.8. The summed E-state index contributed by atoms with van der Waals surface area (Å²) >= 11 is 0. The molecule has 4 atom stereocenters. The number of ether oxygens (including phenoxy) is 2. The van der Waals surface area contributed by atoms with E-state index >= 15 is 0 Å². The predicted molar refractivity (Wildman–Crippen MR) is 139 cm³/mol. The molecule has 33 heavy (non-hydrogen) atoms. The monoisotopic (exact) mass is 479 g/mol. The maximum atomic E-state index is 11.3. The third-order valence-corrected chi connectivity index (χ3v) is 11.9. The number of hydrogen-bond acceptors (Lipinski definition) is 5. The van der Waals surface area contributed by atoms with Crippen molar-refractivity contribution in [1.82, 2.24) is 4.90 Å². The minimum atomic E-state index is -2.01. The van der Waals surface area contributed by atoms with Crippen LogP contribution in [0.2, 0.25) is 18.1 Å². The first-order valence-corrected chi connectivity index (χ1v) is 15.8. The molecule has 1 aromatic carbocycles. The Labute approximate surface area is 203 Å². The summed E-state index contributed by atoms with van der Waals surface area (Å²) in [6.07, 6.45) is 3.61. The lowest BCUT2D eigenvalue weighted by Gasteiger charge is -2.49. The number of aliphatic hydroxyl groups is 1. The Hall–Kier alpha value is -0.763. The fraction of sp³-hybridized carbons (Fsp3) is 0.778. The number of aliphatic hydroxyl groups excluding tert-OH is 1. The Morgan fingerprint density at radius 1 is 1.06 bits per heavy atom. The van der Waals surface area contributed by atoms with Crippen molar-refractivity contribution in [3.63, 3.8) is 0 Å². The van der Waals surface area contributed by atoms with Crippen molar-refractivity contribution in [3.05, 3.63) is 35.9 Å². The van der Waals surface area contributed by atoms with Gasteiger partial charge in [0.1, 0.15) is 6.10 Å². The standard InChI is InChI=1S/C27H49NO4Si/c1-8-30-19-15-10-9-14-18-28-20-24(32-33(6,7)27(3,4)5)26(25(29)22(28)2)31-21-23-16-12-11-13-17-23/h11-13,16-17,22,24-26,29H,8-10,14-15,18-21H2,1-7H3/t22-,24+,25+,26-/m1/s1. The van der Waals surface area contributed by atoms with Gasteiger partial charge in [-0.1, -0.05) is 63.9 Å². The second-order valence-electron chi connectivity index (χ2n) is 11.0. The van der Waals surface area contributed by atoms with E-state index < -0.39 is 14.4 Å². The number of piperidine rings is 1. The zero-order valence-electron chi connectivity index (χ0n) is 22.2. The van der Waals surface area contributed by atoms with Crippen LogP contribution >= 0.6 is 0 Å². The van der Waals surface area contributed by atoms with E-state index in [1.54, 1.807) is 0 Å². The molecule has 5 nitrogen and oxygen atoms in total. The van der Waals surface area contributed by atoms with E-state index in [2.05, 4.69) is 57.8 Å². The molecule has 0 aliphatic carbocycles. The van der Waals surface area contributed by atoms with E-state index in [9.17, 15) is 5.11 Å². The Morgan fingerprint density at radius 3 is 2.36 bits per heavy atom. The number of unbranched alkanes of at least 4 members (excludes halogenated alkanes) is 3. The summed E-state index contributed by atoms with van der Waals surface area (Å²) in [4.78, 5) is 2.41. The van der Waals surface area contributed by atoms with Gasteiger partial charge in [-0.3, -0.25) is 4.90 Å². The summed E-state index contributed by atoms with van der Waals surface area (Å²) in [6, 6.07) is 10.3. The van der Waals surface area contributed by atoms with Gasteiger partial charge >= 0.3 is 0 Å². The van der Waals surface area contributed by atoms with Crippen LogP contribution in [0.4, 0.5) is 0 Å². The van der Waals surface area contributed by atoms with Gasteiger partial charge in [-0.25, -0.2) is 0 Å². The topological polar surface area (TPSA) is 51.2 Å². The first-order chi connectivity index (χ1) is 15.6. The van der Waals surface area contributed by atoms with Gasteiger partial charge in [0, 0.05) is 25.8 Å². The first kappa shape index (κ1) is 28.5. The molecule has 0 amide bonds. The molecular formula is C27H49NO4Si. The third kappa shape index (κ3) is 8.75. The van der Waals surface area contributed by atoms with E-state index in [0.717, 1.165) is 44.7 Å². The predicted octanol–water partition coefficient (Wildman–Crippen LogP) is 5.62. The van der Waals surface area contributed by atoms with E-state index in [1.165, 1.54) is 12.8 Å². The van der Waals surface area contributed by atoms with Crippen LogP contribution in [-0.4, -0.2) is 69.0 Å². The Morgan fingerprint density at radius 2 is 1.73 bits per heavy atom. The van der Waals surface area contributed by atoms with Crippen LogP contribution in [0.3, 0.4) is 0 Å². The van der Waals surface area contributed by atoms with Crippen molar-refractivity contribution < 1.29 is 19.0 Å². The van der Waals surface area contributed by atoms with Gasteiger partial charge in [0.2, 0.25) is 0 Å². The van der Waals surface area contributed by atoms with Gasteiger partial charge in [-0.2, -0.15) is 0 Å². The molecule has 0 spiro atoms. The molecule has 0 bridgehead atoms. The van der Waals surface area contributed by atoms with Crippen LogP contribution in [0.5, 0.6) is 0 Å². The van der Waals surface area contributed by atoms with E-state index in [0.29, 0.717) is 6.61 Å². The zero-order chi connectivity index (χ0) is 24.5.